The highest BCUT2D eigenvalue weighted by molar-refractivity contribution is 5.80. The van der Waals surface area contributed by atoms with E-state index in [4.69, 9.17) is 4.74 Å². The quantitative estimate of drug-likeness (QED) is 0.564. The van der Waals surface area contributed by atoms with E-state index < -0.39 is 0 Å². The lowest BCUT2D eigenvalue weighted by Crippen LogP contribution is -2.45. The molecule has 3 aromatic rings. The van der Waals surface area contributed by atoms with Crippen LogP contribution in [0.4, 0.5) is 5.69 Å². The number of anilines is 1. The fourth-order valence-electron chi connectivity index (χ4n) is 5.20. The number of amides is 1. The first-order chi connectivity index (χ1) is 17.0. The van der Waals surface area contributed by atoms with Gasteiger partial charge in [0, 0.05) is 56.2 Å². The Balaban J connectivity index is 1.24. The fraction of sp³-hybridized carbons (Fsp3) is 0.429. The maximum absolute atomic E-state index is 13.4. The SMILES string of the molecule is Cc1cc(C)n([C@@H](C)C(=O)N2CCOc3ccc(CN4CCN(c5ccccc5)CC4)cc3C2)n1. The van der Waals surface area contributed by atoms with Crippen LogP contribution in [0.25, 0.3) is 0 Å². The summed E-state index contributed by atoms with van der Waals surface area (Å²) in [6.07, 6.45) is 0. The van der Waals surface area contributed by atoms with Gasteiger partial charge in [0.25, 0.3) is 0 Å². The average molecular weight is 474 g/mol. The molecule has 1 saturated heterocycles. The summed E-state index contributed by atoms with van der Waals surface area (Å²) in [6.45, 7) is 12.6. The first-order valence-electron chi connectivity index (χ1n) is 12.6. The zero-order valence-electron chi connectivity index (χ0n) is 21.0. The van der Waals surface area contributed by atoms with E-state index in [1.807, 2.05) is 36.4 Å². The molecule has 0 aliphatic carbocycles. The molecule has 3 heterocycles. The number of aryl methyl sites for hydroxylation is 2. The zero-order valence-corrected chi connectivity index (χ0v) is 21.0. The predicted molar refractivity (Wildman–Crippen MR) is 138 cm³/mol. The first kappa shape index (κ1) is 23.4. The summed E-state index contributed by atoms with van der Waals surface area (Å²) in [5.41, 5.74) is 5.58. The molecule has 1 aromatic heterocycles. The molecule has 0 spiro atoms. The van der Waals surface area contributed by atoms with Gasteiger partial charge in [0.1, 0.15) is 18.4 Å². The molecule has 0 unspecified atom stereocenters. The molecule has 2 aromatic carbocycles. The van der Waals surface area contributed by atoms with Crippen molar-refractivity contribution in [2.75, 3.05) is 44.2 Å². The highest BCUT2D eigenvalue weighted by atomic mass is 16.5. The standard InChI is InChI=1S/C28H35N5O2/c1-21-17-22(2)33(29-21)23(3)28(34)32-15-16-35-27-10-9-24(18-25(27)20-32)19-30-11-13-31(14-12-30)26-7-5-4-6-8-26/h4-10,17-18,23H,11-16,19-20H2,1-3H3/t23-/m0/s1. The number of carbonyl (C=O) groups excluding carboxylic acids is 1. The number of rotatable bonds is 5. The van der Waals surface area contributed by atoms with Crippen LogP contribution >= 0.6 is 0 Å². The average Bonchev–Trinajstić information content (AvgIpc) is 3.08. The Morgan fingerprint density at radius 1 is 1.00 bits per heavy atom. The Morgan fingerprint density at radius 3 is 2.49 bits per heavy atom. The zero-order chi connectivity index (χ0) is 24.4. The highest BCUT2D eigenvalue weighted by Crippen LogP contribution is 2.27. The van der Waals surface area contributed by atoms with Gasteiger partial charge >= 0.3 is 0 Å². The van der Waals surface area contributed by atoms with E-state index in [9.17, 15) is 4.79 Å². The molecule has 2 aliphatic heterocycles. The molecule has 5 rings (SSSR count). The number of hydrogen-bond donors (Lipinski definition) is 0. The number of ether oxygens (including phenoxy) is 1. The smallest absolute Gasteiger partial charge is 0.247 e. The summed E-state index contributed by atoms with van der Waals surface area (Å²) in [5, 5.41) is 4.53. The Hall–Kier alpha value is -3.32. The Kier molecular flexibility index (Phi) is 6.77. The normalized spacial score (nSPS) is 17.5. The van der Waals surface area contributed by atoms with Crippen LogP contribution in [0.3, 0.4) is 0 Å². The second-order valence-electron chi connectivity index (χ2n) is 9.70. The maximum Gasteiger partial charge on any atom is 0.247 e. The van der Waals surface area contributed by atoms with Crippen molar-refractivity contribution in [1.82, 2.24) is 19.6 Å². The lowest BCUT2D eigenvalue weighted by Gasteiger charge is -2.36. The van der Waals surface area contributed by atoms with E-state index in [2.05, 4.69) is 63.4 Å². The van der Waals surface area contributed by atoms with Gasteiger partial charge in [-0.05, 0) is 56.7 Å². The molecule has 7 nitrogen and oxygen atoms in total. The molecule has 1 atom stereocenters. The minimum Gasteiger partial charge on any atom is -0.491 e. The van der Waals surface area contributed by atoms with Gasteiger partial charge in [0.15, 0.2) is 0 Å². The summed E-state index contributed by atoms with van der Waals surface area (Å²) in [5.74, 6) is 0.965. The molecule has 0 saturated carbocycles. The van der Waals surface area contributed by atoms with Crippen LogP contribution in [0.2, 0.25) is 0 Å². The third kappa shape index (κ3) is 5.20. The molecule has 2 aliphatic rings. The lowest BCUT2D eigenvalue weighted by atomic mass is 10.1. The fourth-order valence-corrected chi connectivity index (χ4v) is 5.20. The van der Waals surface area contributed by atoms with Crippen LogP contribution in [-0.2, 0) is 17.9 Å². The summed E-state index contributed by atoms with van der Waals surface area (Å²) < 4.78 is 7.84. The second-order valence-corrected chi connectivity index (χ2v) is 9.70. The van der Waals surface area contributed by atoms with E-state index in [0.717, 1.165) is 55.4 Å². The molecule has 1 fully saturated rings. The van der Waals surface area contributed by atoms with Gasteiger partial charge in [-0.25, -0.2) is 0 Å². The molecule has 1 amide bonds. The highest BCUT2D eigenvalue weighted by Gasteiger charge is 2.27. The van der Waals surface area contributed by atoms with Crippen molar-refractivity contribution in [3.63, 3.8) is 0 Å². The van der Waals surface area contributed by atoms with Crippen LogP contribution < -0.4 is 9.64 Å². The summed E-state index contributed by atoms with van der Waals surface area (Å²) >= 11 is 0. The van der Waals surface area contributed by atoms with Crippen molar-refractivity contribution in [3.05, 3.63) is 77.1 Å². The molecular weight excluding hydrogens is 438 g/mol. The van der Waals surface area contributed by atoms with Gasteiger partial charge in [-0.15, -0.1) is 0 Å². The van der Waals surface area contributed by atoms with Crippen molar-refractivity contribution in [2.45, 2.75) is 39.9 Å². The molecule has 7 heteroatoms. The van der Waals surface area contributed by atoms with E-state index >= 15 is 0 Å². The molecular formula is C28H35N5O2. The molecule has 35 heavy (non-hydrogen) atoms. The Labute approximate surface area is 207 Å². The first-order valence-corrected chi connectivity index (χ1v) is 12.6. The van der Waals surface area contributed by atoms with Crippen molar-refractivity contribution >= 4 is 11.6 Å². The number of para-hydroxylation sites is 1. The van der Waals surface area contributed by atoms with E-state index in [1.165, 1.54) is 11.3 Å². The predicted octanol–water partition coefficient (Wildman–Crippen LogP) is 3.80. The van der Waals surface area contributed by atoms with Crippen LogP contribution in [0.5, 0.6) is 5.75 Å². The minimum absolute atomic E-state index is 0.0788. The van der Waals surface area contributed by atoms with Crippen molar-refractivity contribution in [1.29, 1.82) is 0 Å². The van der Waals surface area contributed by atoms with Crippen LogP contribution in [0.15, 0.2) is 54.6 Å². The van der Waals surface area contributed by atoms with E-state index in [-0.39, 0.29) is 11.9 Å². The topological polar surface area (TPSA) is 53.8 Å². The molecule has 0 N–H and O–H groups in total. The van der Waals surface area contributed by atoms with Crippen LogP contribution in [0, 0.1) is 13.8 Å². The van der Waals surface area contributed by atoms with Gasteiger partial charge < -0.3 is 14.5 Å². The van der Waals surface area contributed by atoms with E-state index in [1.54, 1.807) is 0 Å². The van der Waals surface area contributed by atoms with Crippen LogP contribution in [-0.4, -0.2) is 64.8 Å². The monoisotopic (exact) mass is 473 g/mol. The maximum atomic E-state index is 13.4. The number of nitrogens with zero attached hydrogens (tertiary/aromatic N) is 5. The van der Waals surface area contributed by atoms with Crippen LogP contribution in [0.1, 0.15) is 35.5 Å². The minimum atomic E-state index is -0.339. The number of benzene rings is 2. The van der Waals surface area contributed by atoms with Crippen molar-refractivity contribution in [2.24, 2.45) is 0 Å². The molecule has 0 radical (unpaired) electrons. The van der Waals surface area contributed by atoms with Gasteiger partial charge in [0.05, 0.1) is 12.2 Å². The van der Waals surface area contributed by atoms with E-state index in [0.29, 0.717) is 19.7 Å². The Bertz CT molecular complexity index is 1170. The van der Waals surface area contributed by atoms with Crippen molar-refractivity contribution in [3.8, 4) is 5.75 Å². The number of piperazine rings is 1. The van der Waals surface area contributed by atoms with Gasteiger partial charge in [0.2, 0.25) is 5.91 Å². The van der Waals surface area contributed by atoms with Gasteiger partial charge in [-0.1, -0.05) is 24.3 Å². The number of fused-ring (bicyclic) bond motifs is 1. The third-order valence-electron chi connectivity index (χ3n) is 7.09. The second kappa shape index (κ2) is 10.1. The summed E-state index contributed by atoms with van der Waals surface area (Å²) in [7, 11) is 0. The Morgan fingerprint density at radius 2 is 1.77 bits per heavy atom. The van der Waals surface area contributed by atoms with Gasteiger partial charge in [-0.2, -0.15) is 5.10 Å². The molecule has 184 valence electrons. The van der Waals surface area contributed by atoms with Gasteiger partial charge in [-0.3, -0.25) is 14.4 Å². The summed E-state index contributed by atoms with van der Waals surface area (Å²) in [4.78, 5) is 20.2. The number of hydrogen-bond acceptors (Lipinski definition) is 5. The third-order valence-corrected chi connectivity index (χ3v) is 7.09. The number of carbonyl (C=O) groups is 1. The number of aromatic nitrogens is 2. The molecule has 0 bridgehead atoms. The van der Waals surface area contributed by atoms with Crippen molar-refractivity contribution < 1.29 is 9.53 Å². The lowest BCUT2D eigenvalue weighted by molar-refractivity contribution is -0.135. The summed E-state index contributed by atoms with van der Waals surface area (Å²) in [6, 6.07) is 18.8. The largest absolute Gasteiger partial charge is 0.491 e.